The van der Waals surface area contributed by atoms with Gasteiger partial charge in [-0.15, -0.1) is 0 Å². The summed E-state index contributed by atoms with van der Waals surface area (Å²) in [7, 11) is 0. The molecule has 0 saturated carbocycles. The molecule has 0 amide bonds. The minimum Gasteiger partial charge on any atom is -0.247 e. The highest BCUT2D eigenvalue weighted by molar-refractivity contribution is 6.22. The third kappa shape index (κ3) is 4.59. The first kappa shape index (κ1) is 28.4. The van der Waals surface area contributed by atoms with Gasteiger partial charge in [0.05, 0.1) is 11.2 Å². The zero-order valence-electron chi connectivity index (χ0n) is 27.3. The molecule has 50 heavy (non-hydrogen) atoms. The summed E-state index contributed by atoms with van der Waals surface area (Å²) in [6.45, 7) is 0. The van der Waals surface area contributed by atoms with Crippen LogP contribution in [0, 0.1) is 0 Å². The lowest BCUT2D eigenvalue weighted by molar-refractivity contribution is 1.43. The van der Waals surface area contributed by atoms with Gasteiger partial charge in [-0.2, -0.15) is 0 Å². The highest BCUT2D eigenvalue weighted by Crippen LogP contribution is 2.45. The molecule has 232 valence electrons. The Morgan fingerprint density at radius 2 is 0.720 bits per heavy atom. The number of aromatic nitrogens is 1. The lowest BCUT2D eigenvalue weighted by atomic mass is 9.85. The van der Waals surface area contributed by atoms with Crippen LogP contribution in [0.25, 0.3) is 98.6 Å². The van der Waals surface area contributed by atoms with Crippen LogP contribution in [0.3, 0.4) is 0 Å². The van der Waals surface area contributed by atoms with Crippen molar-refractivity contribution in [1.29, 1.82) is 0 Å². The second kappa shape index (κ2) is 11.5. The number of fused-ring (bicyclic) bond motifs is 6. The Bertz CT molecular complexity index is 2910. The van der Waals surface area contributed by atoms with Gasteiger partial charge in [-0.1, -0.05) is 164 Å². The fraction of sp³-hybridized carbons (Fsp3) is 0. The van der Waals surface area contributed by atoms with E-state index in [9.17, 15) is 0 Å². The van der Waals surface area contributed by atoms with Crippen molar-refractivity contribution in [3.8, 4) is 44.6 Å². The third-order valence-electron chi connectivity index (χ3n) is 10.2. The SMILES string of the molecule is c1ccc(-c2c3ccccc3c(-c3ccccc3)c3cc(-c4ccc5cc(-c6nc7ccccc7c7ccccc67)ccc5c4)ccc23)cc1. The molecule has 9 aromatic carbocycles. The van der Waals surface area contributed by atoms with Crippen molar-refractivity contribution in [2.75, 3.05) is 0 Å². The number of rotatable bonds is 4. The molecule has 0 atom stereocenters. The average Bonchev–Trinajstić information content (AvgIpc) is 3.19. The van der Waals surface area contributed by atoms with Crippen LogP contribution in [0.2, 0.25) is 0 Å². The van der Waals surface area contributed by atoms with Gasteiger partial charge >= 0.3 is 0 Å². The summed E-state index contributed by atoms with van der Waals surface area (Å²) in [5.41, 5.74) is 10.6. The van der Waals surface area contributed by atoms with Gasteiger partial charge in [0.1, 0.15) is 0 Å². The van der Waals surface area contributed by atoms with E-state index < -0.39 is 0 Å². The standard InChI is InChI=1S/C49H31N/c1-3-13-32(14-4-1)47-41-19-8-9-20-42(41)48(33-15-5-2-6-16-33)45-31-37(27-28-43(45)47)35-23-24-36-30-38(26-25-34(36)29-35)49-44-21-10-7-17-39(44)40-18-11-12-22-46(40)50-49/h1-31H. The molecule has 0 saturated heterocycles. The van der Waals surface area contributed by atoms with E-state index in [0.29, 0.717) is 0 Å². The summed E-state index contributed by atoms with van der Waals surface area (Å²) in [5, 5.41) is 11.1. The minimum atomic E-state index is 1.02. The van der Waals surface area contributed by atoms with Crippen LogP contribution >= 0.6 is 0 Å². The number of hydrogen-bond acceptors (Lipinski definition) is 1. The largest absolute Gasteiger partial charge is 0.247 e. The first-order valence-corrected chi connectivity index (χ1v) is 17.2. The van der Waals surface area contributed by atoms with Gasteiger partial charge in [-0.05, 0) is 95.3 Å². The van der Waals surface area contributed by atoms with Gasteiger partial charge in [0, 0.05) is 16.3 Å². The van der Waals surface area contributed by atoms with Gasteiger partial charge in [0.15, 0.2) is 0 Å². The molecular weight excluding hydrogens is 603 g/mol. The first-order chi connectivity index (χ1) is 24.8. The van der Waals surface area contributed by atoms with Crippen molar-refractivity contribution in [2.24, 2.45) is 0 Å². The maximum Gasteiger partial charge on any atom is 0.0788 e. The Morgan fingerprint density at radius 1 is 0.260 bits per heavy atom. The van der Waals surface area contributed by atoms with Crippen molar-refractivity contribution in [3.63, 3.8) is 0 Å². The highest BCUT2D eigenvalue weighted by atomic mass is 14.7. The molecule has 0 aliphatic rings. The van der Waals surface area contributed by atoms with Crippen LogP contribution in [0.15, 0.2) is 188 Å². The van der Waals surface area contributed by atoms with E-state index in [1.807, 2.05) is 0 Å². The van der Waals surface area contributed by atoms with Gasteiger partial charge in [0.25, 0.3) is 0 Å². The molecule has 1 aromatic heterocycles. The highest BCUT2D eigenvalue weighted by Gasteiger charge is 2.18. The van der Waals surface area contributed by atoms with Crippen LogP contribution in [0.4, 0.5) is 0 Å². The topological polar surface area (TPSA) is 12.9 Å². The maximum absolute atomic E-state index is 5.16. The summed E-state index contributed by atoms with van der Waals surface area (Å²) in [6, 6.07) is 68.2. The Kier molecular flexibility index (Phi) is 6.57. The molecule has 1 heteroatoms. The Balaban J connectivity index is 1.15. The van der Waals surface area contributed by atoms with Crippen LogP contribution < -0.4 is 0 Å². The third-order valence-corrected chi connectivity index (χ3v) is 10.2. The van der Waals surface area contributed by atoms with Crippen molar-refractivity contribution < 1.29 is 0 Å². The molecule has 0 bridgehead atoms. The summed E-state index contributed by atoms with van der Waals surface area (Å²) in [5.74, 6) is 0. The molecule has 0 aliphatic carbocycles. The molecule has 0 radical (unpaired) electrons. The number of pyridine rings is 1. The summed E-state index contributed by atoms with van der Waals surface area (Å²) in [6.07, 6.45) is 0. The smallest absolute Gasteiger partial charge is 0.0788 e. The number of nitrogens with zero attached hydrogens (tertiary/aromatic N) is 1. The lowest BCUT2D eigenvalue weighted by Gasteiger charge is -2.19. The summed E-state index contributed by atoms with van der Waals surface area (Å²) >= 11 is 0. The van der Waals surface area contributed by atoms with Gasteiger partial charge in [0.2, 0.25) is 0 Å². The fourth-order valence-electron chi connectivity index (χ4n) is 7.89. The Morgan fingerprint density at radius 3 is 1.40 bits per heavy atom. The minimum absolute atomic E-state index is 1.02. The number of hydrogen-bond donors (Lipinski definition) is 0. The van der Waals surface area contributed by atoms with E-state index in [0.717, 1.165) is 16.8 Å². The quantitative estimate of drug-likeness (QED) is 0.139. The Hall–Kier alpha value is -6.57. The summed E-state index contributed by atoms with van der Waals surface area (Å²) in [4.78, 5) is 5.16. The first-order valence-electron chi connectivity index (χ1n) is 17.2. The van der Waals surface area contributed by atoms with Crippen LogP contribution in [-0.4, -0.2) is 4.98 Å². The number of benzene rings is 9. The lowest BCUT2D eigenvalue weighted by Crippen LogP contribution is -1.92. The second-order valence-electron chi connectivity index (χ2n) is 13.1. The molecule has 0 fully saturated rings. The van der Waals surface area contributed by atoms with E-state index in [1.165, 1.54) is 81.9 Å². The molecule has 10 aromatic rings. The van der Waals surface area contributed by atoms with Crippen LogP contribution in [-0.2, 0) is 0 Å². The molecular formula is C49H31N. The van der Waals surface area contributed by atoms with Crippen LogP contribution in [0.5, 0.6) is 0 Å². The van der Waals surface area contributed by atoms with Crippen molar-refractivity contribution in [1.82, 2.24) is 4.98 Å². The number of para-hydroxylation sites is 1. The summed E-state index contributed by atoms with van der Waals surface area (Å²) < 4.78 is 0. The predicted octanol–water partition coefficient (Wildman–Crippen LogP) is 13.5. The predicted molar refractivity (Wildman–Crippen MR) is 214 cm³/mol. The van der Waals surface area contributed by atoms with Crippen molar-refractivity contribution in [3.05, 3.63) is 188 Å². The normalized spacial score (nSPS) is 11.6. The molecule has 1 heterocycles. The van der Waals surface area contributed by atoms with E-state index in [-0.39, 0.29) is 0 Å². The molecule has 0 aliphatic heterocycles. The zero-order chi connectivity index (χ0) is 33.0. The van der Waals surface area contributed by atoms with Gasteiger partial charge in [-0.3, -0.25) is 0 Å². The van der Waals surface area contributed by atoms with Gasteiger partial charge in [-0.25, -0.2) is 4.98 Å². The fourth-order valence-corrected chi connectivity index (χ4v) is 7.89. The van der Waals surface area contributed by atoms with Crippen molar-refractivity contribution >= 4 is 54.0 Å². The van der Waals surface area contributed by atoms with Crippen molar-refractivity contribution in [2.45, 2.75) is 0 Å². The van der Waals surface area contributed by atoms with E-state index in [1.54, 1.807) is 0 Å². The maximum atomic E-state index is 5.16. The van der Waals surface area contributed by atoms with E-state index in [2.05, 4.69) is 188 Å². The van der Waals surface area contributed by atoms with E-state index >= 15 is 0 Å². The second-order valence-corrected chi connectivity index (χ2v) is 13.1. The van der Waals surface area contributed by atoms with Gasteiger partial charge < -0.3 is 0 Å². The molecule has 1 nitrogen and oxygen atoms in total. The average molecular weight is 634 g/mol. The Labute approximate surface area is 290 Å². The van der Waals surface area contributed by atoms with Crippen LogP contribution in [0.1, 0.15) is 0 Å². The monoisotopic (exact) mass is 633 g/mol. The molecule has 0 N–H and O–H groups in total. The molecule has 0 spiro atoms. The molecule has 10 rings (SSSR count). The van der Waals surface area contributed by atoms with E-state index in [4.69, 9.17) is 4.98 Å². The molecule has 0 unspecified atom stereocenters. The zero-order valence-corrected chi connectivity index (χ0v) is 27.3.